The second kappa shape index (κ2) is 8.12. The molecule has 92 valence electrons. The lowest BCUT2D eigenvalue weighted by Crippen LogP contribution is -2.45. The zero-order chi connectivity index (χ0) is 11.7. The van der Waals surface area contributed by atoms with Gasteiger partial charge in [0.05, 0.1) is 0 Å². The molecule has 1 N–H and O–H groups in total. The summed E-state index contributed by atoms with van der Waals surface area (Å²) in [7, 11) is 4.26. The van der Waals surface area contributed by atoms with Crippen LogP contribution in [0.15, 0.2) is 0 Å². The molecule has 2 heteroatoms. The molecule has 0 heterocycles. The molecular formula is C13H30N2. The first-order valence-electron chi connectivity index (χ1n) is 6.44. The van der Waals surface area contributed by atoms with Crippen molar-refractivity contribution in [2.75, 3.05) is 27.2 Å². The van der Waals surface area contributed by atoms with Gasteiger partial charge in [-0.1, -0.05) is 33.1 Å². The lowest BCUT2D eigenvalue weighted by atomic mass is 9.90. The number of rotatable bonds is 9. The van der Waals surface area contributed by atoms with Crippen molar-refractivity contribution in [1.82, 2.24) is 10.2 Å². The van der Waals surface area contributed by atoms with E-state index in [1.807, 2.05) is 0 Å². The number of unbranched alkanes of at least 4 members (excludes halogenated alkanes) is 1. The van der Waals surface area contributed by atoms with Gasteiger partial charge in [-0.15, -0.1) is 0 Å². The van der Waals surface area contributed by atoms with Gasteiger partial charge in [-0.3, -0.25) is 0 Å². The second-order valence-electron chi connectivity index (χ2n) is 5.14. The van der Waals surface area contributed by atoms with E-state index < -0.39 is 0 Å². The maximum Gasteiger partial charge on any atom is 0.0153 e. The first-order chi connectivity index (χ1) is 7.04. The Balaban J connectivity index is 3.89. The van der Waals surface area contributed by atoms with Gasteiger partial charge in [-0.05, 0) is 33.9 Å². The van der Waals surface area contributed by atoms with Crippen molar-refractivity contribution < 1.29 is 0 Å². The molecule has 0 aliphatic heterocycles. The van der Waals surface area contributed by atoms with E-state index in [1.165, 1.54) is 32.1 Å². The van der Waals surface area contributed by atoms with Crippen LogP contribution in [0.25, 0.3) is 0 Å². The average molecular weight is 214 g/mol. The Labute approximate surface area is 96.4 Å². The molecule has 0 radical (unpaired) electrons. The first-order valence-corrected chi connectivity index (χ1v) is 6.44. The average Bonchev–Trinajstić information content (AvgIpc) is 2.15. The number of hydrogen-bond acceptors (Lipinski definition) is 2. The standard InChI is InChI=1S/C13H30N2/c1-6-8-10-13(3,9-7-2)14-11-12-15(4)5/h14H,6-12H2,1-5H3. The van der Waals surface area contributed by atoms with E-state index in [9.17, 15) is 0 Å². The van der Waals surface area contributed by atoms with Gasteiger partial charge in [-0.25, -0.2) is 0 Å². The Morgan fingerprint density at radius 1 is 1.07 bits per heavy atom. The molecule has 0 amide bonds. The van der Waals surface area contributed by atoms with Gasteiger partial charge >= 0.3 is 0 Å². The van der Waals surface area contributed by atoms with Crippen LogP contribution in [0.3, 0.4) is 0 Å². The highest BCUT2D eigenvalue weighted by Crippen LogP contribution is 2.19. The summed E-state index contributed by atoms with van der Waals surface area (Å²) in [6.07, 6.45) is 6.51. The quantitative estimate of drug-likeness (QED) is 0.635. The van der Waals surface area contributed by atoms with Gasteiger partial charge in [0.25, 0.3) is 0 Å². The number of hydrogen-bond donors (Lipinski definition) is 1. The summed E-state index contributed by atoms with van der Waals surface area (Å²) in [4.78, 5) is 2.24. The lowest BCUT2D eigenvalue weighted by molar-refractivity contribution is 0.279. The maximum atomic E-state index is 3.72. The Bertz CT molecular complexity index is 145. The van der Waals surface area contributed by atoms with E-state index >= 15 is 0 Å². The summed E-state index contributed by atoms with van der Waals surface area (Å²) in [6.45, 7) is 9.16. The van der Waals surface area contributed by atoms with Crippen molar-refractivity contribution in [3.05, 3.63) is 0 Å². The van der Waals surface area contributed by atoms with Gasteiger partial charge in [0.1, 0.15) is 0 Å². The molecule has 0 aromatic carbocycles. The normalized spacial score (nSPS) is 15.6. The van der Waals surface area contributed by atoms with E-state index in [2.05, 4.69) is 45.1 Å². The minimum atomic E-state index is 0.362. The zero-order valence-electron chi connectivity index (χ0n) is 11.4. The van der Waals surface area contributed by atoms with Gasteiger partial charge in [-0.2, -0.15) is 0 Å². The van der Waals surface area contributed by atoms with Gasteiger partial charge in [0.2, 0.25) is 0 Å². The van der Waals surface area contributed by atoms with Crippen molar-refractivity contribution in [3.8, 4) is 0 Å². The van der Waals surface area contributed by atoms with Crippen LogP contribution < -0.4 is 5.32 Å². The predicted octanol–water partition coefficient (Wildman–Crippen LogP) is 2.89. The lowest BCUT2D eigenvalue weighted by Gasteiger charge is -2.31. The monoisotopic (exact) mass is 214 g/mol. The Hall–Kier alpha value is -0.0800. The third-order valence-electron chi connectivity index (χ3n) is 2.99. The van der Waals surface area contributed by atoms with Crippen LogP contribution in [0.4, 0.5) is 0 Å². The smallest absolute Gasteiger partial charge is 0.0153 e. The van der Waals surface area contributed by atoms with Gasteiger partial charge in [0.15, 0.2) is 0 Å². The predicted molar refractivity (Wildman–Crippen MR) is 69.4 cm³/mol. The van der Waals surface area contributed by atoms with E-state index in [0.29, 0.717) is 5.54 Å². The summed E-state index contributed by atoms with van der Waals surface area (Å²) in [5.41, 5.74) is 0.362. The number of likely N-dealkylation sites (N-methyl/N-ethyl adjacent to an activating group) is 1. The largest absolute Gasteiger partial charge is 0.310 e. The molecule has 0 bridgehead atoms. The highest BCUT2D eigenvalue weighted by molar-refractivity contribution is 4.82. The van der Waals surface area contributed by atoms with Gasteiger partial charge < -0.3 is 10.2 Å². The van der Waals surface area contributed by atoms with Crippen molar-refractivity contribution in [2.24, 2.45) is 0 Å². The minimum absolute atomic E-state index is 0.362. The Morgan fingerprint density at radius 2 is 1.73 bits per heavy atom. The van der Waals surface area contributed by atoms with Crippen LogP contribution in [0.5, 0.6) is 0 Å². The molecule has 0 rings (SSSR count). The van der Waals surface area contributed by atoms with Crippen molar-refractivity contribution in [1.29, 1.82) is 0 Å². The maximum absolute atomic E-state index is 3.72. The molecule has 0 aliphatic rings. The van der Waals surface area contributed by atoms with E-state index in [4.69, 9.17) is 0 Å². The molecule has 2 nitrogen and oxygen atoms in total. The summed E-state index contributed by atoms with van der Waals surface area (Å²) >= 11 is 0. The summed E-state index contributed by atoms with van der Waals surface area (Å²) in [6, 6.07) is 0. The summed E-state index contributed by atoms with van der Waals surface area (Å²) in [5, 5.41) is 3.72. The highest BCUT2D eigenvalue weighted by Gasteiger charge is 2.21. The van der Waals surface area contributed by atoms with Crippen LogP contribution in [0.1, 0.15) is 52.9 Å². The first kappa shape index (κ1) is 14.9. The molecule has 1 unspecified atom stereocenters. The number of nitrogens with one attached hydrogen (secondary N) is 1. The highest BCUT2D eigenvalue weighted by atomic mass is 15.1. The molecule has 0 fully saturated rings. The fraction of sp³-hybridized carbons (Fsp3) is 1.00. The van der Waals surface area contributed by atoms with Crippen LogP contribution in [0.2, 0.25) is 0 Å². The Kier molecular flexibility index (Phi) is 8.07. The summed E-state index contributed by atoms with van der Waals surface area (Å²) < 4.78 is 0. The molecule has 0 spiro atoms. The Morgan fingerprint density at radius 3 is 2.20 bits per heavy atom. The third-order valence-corrected chi connectivity index (χ3v) is 2.99. The van der Waals surface area contributed by atoms with Crippen LogP contribution in [-0.2, 0) is 0 Å². The SMILES string of the molecule is CCCCC(C)(CCC)NCCN(C)C. The van der Waals surface area contributed by atoms with Crippen LogP contribution in [-0.4, -0.2) is 37.6 Å². The minimum Gasteiger partial charge on any atom is -0.310 e. The van der Waals surface area contributed by atoms with E-state index in [1.54, 1.807) is 0 Å². The fourth-order valence-electron chi connectivity index (χ4n) is 2.00. The third kappa shape index (κ3) is 7.80. The van der Waals surface area contributed by atoms with Crippen molar-refractivity contribution in [3.63, 3.8) is 0 Å². The fourth-order valence-corrected chi connectivity index (χ4v) is 2.00. The molecule has 0 aromatic rings. The van der Waals surface area contributed by atoms with E-state index in [-0.39, 0.29) is 0 Å². The topological polar surface area (TPSA) is 15.3 Å². The second-order valence-corrected chi connectivity index (χ2v) is 5.14. The molecule has 15 heavy (non-hydrogen) atoms. The molecule has 0 saturated heterocycles. The molecular weight excluding hydrogens is 184 g/mol. The van der Waals surface area contributed by atoms with Gasteiger partial charge in [0, 0.05) is 18.6 Å². The van der Waals surface area contributed by atoms with Crippen LogP contribution in [0, 0.1) is 0 Å². The molecule has 0 aromatic heterocycles. The molecule has 0 aliphatic carbocycles. The van der Waals surface area contributed by atoms with Crippen molar-refractivity contribution >= 4 is 0 Å². The number of nitrogens with zero attached hydrogens (tertiary/aromatic N) is 1. The molecule has 1 atom stereocenters. The van der Waals surface area contributed by atoms with Crippen LogP contribution >= 0.6 is 0 Å². The zero-order valence-corrected chi connectivity index (χ0v) is 11.4. The van der Waals surface area contributed by atoms with Crippen molar-refractivity contribution in [2.45, 2.75) is 58.4 Å². The molecule has 0 saturated carbocycles. The van der Waals surface area contributed by atoms with E-state index in [0.717, 1.165) is 13.1 Å². The summed E-state index contributed by atoms with van der Waals surface area (Å²) in [5.74, 6) is 0.